The Balaban J connectivity index is 2.05. The van der Waals surface area contributed by atoms with Crippen LogP contribution in [0.3, 0.4) is 0 Å². The lowest BCUT2D eigenvalue weighted by atomic mass is 9.55. The number of hydrogen-bond acceptors (Lipinski definition) is 3. The van der Waals surface area contributed by atoms with Gasteiger partial charge in [-0.1, -0.05) is 19.4 Å². The van der Waals surface area contributed by atoms with Crippen LogP contribution in [-0.4, -0.2) is 26.6 Å². The van der Waals surface area contributed by atoms with Gasteiger partial charge in [-0.15, -0.1) is 0 Å². The van der Waals surface area contributed by atoms with E-state index in [1.54, 1.807) is 14.2 Å². The smallest absolute Gasteiger partial charge is 0.163 e. The average Bonchev–Trinajstić information content (AvgIpc) is 2.49. The predicted octanol–water partition coefficient (Wildman–Crippen LogP) is 3.60. The zero-order valence-corrected chi connectivity index (χ0v) is 13.1. The summed E-state index contributed by atoms with van der Waals surface area (Å²) in [5.74, 6) is 1.93. The van der Waals surface area contributed by atoms with Gasteiger partial charge in [0.25, 0.3) is 0 Å². The minimum atomic E-state index is 0.0942. The number of hydrogen-bond donors (Lipinski definition) is 0. The summed E-state index contributed by atoms with van der Waals surface area (Å²) in [7, 11) is 3.41. The quantitative estimate of drug-likeness (QED) is 0.852. The van der Waals surface area contributed by atoms with Crippen molar-refractivity contribution in [2.45, 2.75) is 38.0 Å². The standard InChI is InChI=1S/C18H24O3/c1-18-8-4-5-12(11-20-2)16(18)10-17(19)14-9-13(21-3)6-7-15(14)18/h6-7,9,12,16H,4-5,8,10-11H2,1-3H3/t12-,16?,18-/m1/s1. The molecule has 1 fully saturated rings. The molecule has 1 saturated carbocycles. The molecule has 3 atom stereocenters. The number of Topliss-reactive ketones (excluding diaryl/α,β-unsaturated/α-hetero) is 1. The molecule has 3 nitrogen and oxygen atoms in total. The highest BCUT2D eigenvalue weighted by atomic mass is 16.5. The van der Waals surface area contributed by atoms with E-state index in [1.807, 2.05) is 12.1 Å². The fourth-order valence-corrected chi connectivity index (χ4v) is 4.47. The lowest BCUT2D eigenvalue weighted by molar-refractivity contribution is 0.0381. The van der Waals surface area contributed by atoms with Crippen LogP contribution >= 0.6 is 0 Å². The number of carbonyl (C=O) groups is 1. The van der Waals surface area contributed by atoms with Gasteiger partial charge in [-0.25, -0.2) is 0 Å². The minimum Gasteiger partial charge on any atom is -0.497 e. The van der Waals surface area contributed by atoms with Crippen LogP contribution in [0.4, 0.5) is 0 Å². The van der Waals surface area contributed by atoms with Crippen LogP contribution in [0.25, 0.3) is 0 Å². The van der Waals surface area contributed by atoms with E-state index < -0.39 is 0 Å². The molecule has 3 rings (SSSR count). The third-order valence-electron chi connectivity index (χ3n) is 5.59. The van der Waals surface area contributed by atoms with E-state index >= 15 is 0 Å². The van der Waals surface area contributed by atoms with Crippen LogP contribution < -0.4 is 4.74 Å². The molecule has 2 aliphatic carbocycles. The molecule has 21 heavy (non-hydrogen) atoms. The number of fused-ring (bicyclic) bond motifs is 3. The van der Waals surface area contributed by atoms with Crippen molar-refractivity contribution < 1.29 is 14.3 Å². The number of ether oxygens (including phenoxy) is 2. The molecule has 0 aromatic heterocycles. The first-order valence-corrected chi connectivity index (χ1v) is 7.81. The van der Waals surface area contributed by atoms with Crippen molar-refractivity contribution in [3.63, 3.8) is 0 Å². The van der Waals surface area contributed by atoms with Crippen LogP contribution in [0.2, 0.25) is 0 Å². The minimum absolute atomic E-state index is 0.0942. The molecule has 2 aliphatic rings. The number of methoxy groups -OCH3 is 2. The van der Waals surface area contributed by atoms with Crippen molar-refractivity contribution in [2.75, 3.05) is 20.8 Å². The lowest BCUT2D eigenvalue weighted by Crippen LogP contribution is -2.46. The number of rotatable bonds is 3. The van der Waals surface area contributed by atoms with Crippen molar-refractivity contribution in [2.24, 2.45) is 11.8 Å². The Labute approximate surface area is 126 Å². The summed E-state index contributed by atoms with van der Waals surface area (Å²) < 4.78 is 10.7. The Morgan fingerprint density at radius 3 is 2.86 bits per heavy atom. The van der Waals surface area contributed by atoms with E-state index in [0.29, 0.717) is 18.3 Å². The highest BCUT2D eigenvalue weighted by molar-refractivity contribution is 5.99. The van der Waals surface area contributed by atoms with Crippen LogP contribution in [0.15, 0.2) is 18.2 Å². The van der Waals surface area contributed by atoms with Gasteiger partial charge in [0.1, 0.15) is 5.75 Å². The second kappa shape index (κ2) is 5.45. The van der Waals surface area contributed by atoms with Crippen molar-refractivity contribution in [1.82, 2.24) is 0 Å². The van der Waals surface area contributed by atoms with E-state index in [-0.39, 0.29) is 11.2 Å². The molecule has 0 N–H and O–H groups in total. The van der Waals surface area contributed by atoms with Gasteiger partial charge in [-0.05, 0) is 47.8 Å². The second-order valence-electron chi connectivity index (χ2n) is 6.67. The van der Waals surface area contributed by atoms with Crippen LogP contribution in [0.5, 0.6) is 5.75 Å². The van der Waals surface area contributed by atoms with Gasteiger partial charge >= 0.3 is 0 Å². The summed E-state index contributed by atoms with van der Waals surface area (Å²) >= 11 is 0. The third-order valence-corrected chi connectivity index (χ3v) is 5.59. The van der Waals surface area contributed by atoms with Crippen molar-refractivity contribution >= 4 is 5.78 Å². The first kappa shape index (κ1) is 14.6. The molecule has 1 aromatic rings. The molecule has 114 valence electrons. The van der Waals surface area contributed by atoms with Gasteiger partial charge in [0, 0.05) is 25.7 Å². The topological polar surface area (TPSA) is 35.5 Å². The molecule has 1 unspecified atom stereocenters. The fourth-order valence-electron chi connectivity index (χ4n) is 4.47. The van der Waals surface area contributed by atoms with Gasteiger partial charge in [-0.2, -0.15) is 0 Å². The van der Waals surface area contributed by atoms with Crippen LogP contribution in [0.1, 0.15) is 48.5 Å². The van der Waals surface area contributed by atoms with Crippen LogP contribution in [-0.2, 0) is 10.2 Å². The summed E-state index contributed by atoms with van der Waals surface area (Å²) in [6, 6.07) is 6.01. The Bertz CT molecular complexity index is 549. The molecular formula is C18H24O3. The van der Waals surface area contributed by atoms with E-state index in [1.165, 1.54) is 18.4 Å². The Morgan fingerprint density at radius 2 is 2.14 bits per heavy atom. The molecule has 0 heterocycles. The first-order valence-electron chi connectivity index (χ1n) is 7.81. The fraction of sp³-hybridized carbons (Fsp3) is 0.611. The maximum Gasteiger partial charge on any atom is 0.163 e. The predicted molar refractivity (Wildman–Crippen MR) is 82.0 cm³/mol. The Kier molecular flexibility index (Phi) is 3.78. The molecular weight excluding hydrogens is 264 g/mol. The second-order valence-corrected chi connectivity index (χ2v) is 6.67. The molecule has 0 radical (unpaired) electrons. The zero-order chi connectivity index (χ0) is 15.0. The molecule has 0 aliphatic heterocycles. The highest BCUT2D eigenvalue weighted by Crippen LogP contribution is 2.52. The molecule has 3 heteroatoms. The summed E-state index contributed by atoms with van der Waals surface area (Å²) in [6.45, 7) is 3.09. The Morgan fingerprint density at radius 1 is 1.33 bits per heavy atom. The number of ketones is 1. The summed E-state index contributed by atoms with van der Waals surface area (Å²) in [5.41, 5.74) is 2.17. The van der Waals surface area contributed by atoms with Gasteiger partial charge in [0.05, 0.1) is 7.11 Å². The van der Waals surface area contributed by atoms with Crippen molar-refractivity contribution in [1.29, 1.82) is 0 Å². The highest BCUT2D eigenvalue weighted by Gasteiger charge is 2.48. The van der Waals surface area contributed by atoms with Crippen molar-refractivity contribution in [3.05, 3.63) is 29.3 Å². The molecule has 0 saturated heterocycles. The number of carbonyl (C=O) groups excluding carboxylic acids is 1. The first-order chi connectivity index (χ1) is 10.1. The SMILES string of the molecule is COC[C@H]1CCC[C@]2(C)c3ccc(OC)cc3C(=O)CC12. The summed E-state index contributed by atoms with van der Waals surface area (Å²) in [4.78, 5) is 12.6. The maximum atomic E-state index is 12.6. The van der Waals surface area contributed by atoms with E-state index in [9.17, 15) is 4.79 Å². The van der Waals surface area contributed by atoms with E-state index in [2.05, 4.69) is 13.0 Å². The van der Waals surface area contributed by atoms with Crippen LogP contribution in [0, 0.1) is 11.8 Å². The molecule has 0 bridgehead atoms. The zero-order valence-electron chi connectivity index (χ0n) is 13.1. The lowest BCUT2D eigenvalue weighted by Gasteiger charge is -2.49. The summed E-state index contributed by atoms with van der Waals surface area (Å²) in [5, 5.41) is 0. The molecule has 1 aromatic carbocycles. The van der Waals surface area contributed by atoms with Gasteiger partial charge in [-0.3, -0.25) is 4.79 Å². The number of benzene rings is 1. The monoisotopic (exact) mass is 288 g/mol. The van der Waals surface area contributed by atoms with Gasteiger partial charge in [0.2, 0.25) is 0 Å². The normalized spacial score (nSPS) is 31.5. The van der Waals surface area contributed by atoms with E-state index in [0.717, 1.165) is 24.3 Å². The van der Waals surface area contributed by atoms with Gasteiger partial charge < -0.3 is 9.47 Å². The third kappa shape index (κ3) is 2.28. The molecule has 0 spiro atoms. The summed E-state index contributed by atoms with van der Waals surface area (Å²) in [6.07, 6.45) is 4.18. The Hall–Kier alpha value is -1.35. The molecule has 0 amide bonds. The largest absolute Gasteiger partial charge is 0.497 e. The maximum absolute atomic E-state index is 12.6. The van der Waals surface area contributed by atoms with Gasteiger partial charge in [0.15, 0.2) is 5.78 Å². The van der Waals surface area contributed by atoms with E-state index in [4.69, 9.17) is 9.47 Å². The van der Waals surface area contributed by atoms with Crippen molar-refractivity contribution in [3.8, 4) is 5.75 Å². The average molecular weight is 288 g/mol.